The highest BCUT2D eigenvalue weighted by atomic mass is 32.2. The Morgan fingerprint density at radius 3 is 2.58 bits per heavy atom. The third-order valence-corrected chi connectivity index (χ3v) is 4.12. The molecule has 0 radical (unpaired) electrons. The van der Waals surface area contributed by atoms with Crippen LogP contribution in [0.5, 0.6) is 0 Å². The Kier molecular flexibility index (Phi) is 4.08. The van der Waals surface area contributed by atoms with Crippen molar-refractivity contribution < 1.29 is 13.2 Å². The monoisotopic (exact) mass is 296 g/mol. The van der Waals surface area contributed by atoms with Gasteiger partial charge in [-0.1, -0.05) is 30.3 Å². The summed E-state index contributed by atoms with van der Waals surface area (Å²) in [5.41, 5.74) is 1.18. The maximum Gasteiger partial charge on any atom is 0.215 e. The van der Waals surface area contributed by atoms with Gasteiger partial charge in [-0.15, -0.1) is 11.3 Å². The highest BCUT2D eigenvalue weighted by Gasteiger charge is 2.12. The molecule has 2 N–H and O–H groups in total. The highest BCUT2D eigenvalue weighted by molar-refractivity contribution is 7.88. The van der Waals surface area contributed by atoms with Crippen LogP contribution < -0.4 is 5.14 Å². The molecule has 1 heterocycles. The average Bonchev–Trinajstić information content (AvgIpc) is 2.75. The molecule has 0 saturated heterocycles. The van der Waals surface area contributed by atoms with Gasteiger partial charge < -0.3 is 0 Å². The molecule has 0 atom stereocenters. The minimum absolute atomic E-state index is 0.0481. The summed E-state index contributed by atoms with van der Waals surface area (Å²) < 4.78 is 21.9. The number of benzene rings is 1. The molecule has 0 aliphatic carbocycles. The van der Waals surface area contributed by atoms with Crippen molar-refractivity contribution in [3.63, 3.8) is 0 Å². The van der Waals surface area contributed by atoms with E-state index in [1.165, 1.54) is 11.3 Å². The van der Waals surface area contributed by atoms with Crippen molar-refractivity contribution in [2.75, 3.05) is 0 Å². The maximum absolute atomic E-state index is 11.9. The van der Waals surface area contributed by atoms with Crippen LogP contribution in [-0.4, -0.2) is 19.2 Å². The van der Waals surface area contributed by atoms with Gasteiger partial charge in [0.25, 0.3) is 0 Å². The normalized spacial score (nSPS) is 11.4. The summed E-state index contributed by atoms with van der Waals surface area (Å²) in [5, 5.41) is 7.02. The first-order valence-corrected chi connectivity index (χ1v) is 8.05. The lowest BCUT2D eigenvalue weighted by Crippen LogP contribution is -2.14. The van der Waals surface area contributed by atoms with Crippen molar-refractivity contribution in [3.05, 3.63) is 52.0 Å². The molecule has 0 unspecified atom stereocenters. The van der Waals surface area contributed by atoms with Gasteiger partial charge in [0.05, 0.1) is 12.1 Å². The Labute approximate surface area is 115 Å². The molecule has 0 bridgehead atoms. The van der Waals surface area contributed by atoms with E-state index in [1.54, 1.807) is 29.6 Å². The number of aromatic nitrogens is 1. The number of nitrogens with zero attached hydrogens (tertiary/aromatic N) is 1. The van der Waals surface area contributed by atoms with Gasteiger partial charge in [-0.25, -0.2) is 18.5 Å². The van der Waals surface area contributed by atoms with Gasteiger partial charge in [0.1, 0.15) is 10.8 Å². The number of hydrogen-bond donors (Lipinski definition) is 1. The van der Waals surface area contributed by atoms with Crippen LogP contribution >= 0.6 is 11.3 Å². The first kappa shape index (κ1) is 13.9. The molecule has 100 valence electrons. The molecule has 0 spiro atoms. The molecular weight excluding hydrogens is 284 g/mol. The van der Waals surface area contributed by atoms with E-state index in [0.717, 1.165) is 0 Å². The summed E-state index contributed by atoms with van der Waals surface area (Å²) in [6.45, 7) is 0. The first-order valence-electron chi connectivity index (χ1n) is 5.46. The Hall–Kier alpha value is -1.57. The van der Waals surface area contributed by atoms with E-state index in [2.05, 4.69) is 4.98 Å². The smallest absolute Gasteiger partial charge is 0.215 e. The number of nitrogens with two attached hydrogens (primary N) is 1. The van der Waals surface area contributed by atoms with Gasteiger partial charge in [-0.2, -0.15) is 0 Å². The van der Waals surface area contributed by atoms with E-state index >= 15 is 0 Å². The molecule has 0 amide bonds. The summed E-state index contributed by atoms with van der Waals surface area (Å²) in [6.07, 6.45) is 0.158. The van der Waals surface area contributed by atoms with Crippen molar-refractivity contribution >= 4 is 27.1 Å². The van der Waals surface area contributed by atoms with Gasteiger partial charge in [-0.3, -0.25) is 4.79 Å². The van der Waals surface area contributed by atoms with Crippen LogP contribution in [0.1, 0.15) is 21.1 Å². The van der Waals surface area contributed by atoms with Crippen molar-refractivity contribution in [2.24, 2.45) is 5.14 Å². The molecule has 0 aliphatic rings. The molecule has 0 aliphatic heterocycles. The molecule has 0 saturated carbocycles. The number of primary sulfonamides is 1. The first-order chi connectivity index (χ1) is 8.94. The lowest BCUT2D eigenvalue weighted by molar-refractivity contribution is 0.0992. The third-order valence-electron chi connectivity index (χ3n) is 2.36. The highest BCUT2D eigenvalue weighted by Crippen LogP contribution is 2.14. The third kappa shape index (κ3) is 4.23. The van der Waals surface area contributed by atoms with E-state index < -0.39 is 10.0 Å². The Morgan fingerprint density at radius 2 is 1.95 bits per heavy atom. The predicted octanol–water partition coefficient (Wildman–Crippen LogP) is 1.36. The van der Waals surface area contributed by atoms with Crippen LogP contribution in [0.25, 0.3) is 0 Å². The van der Waals surface area contributed by atoms with Crippen LogP contribution in [0.2, 0.25) is 0 Å². The van der Waals surface area contributed by atoms with Crippen LogP contribution in [-0.2, 0) is 22.2 Å². The van der Waals surface area contributed by atoms with E-state index in [0.29, 0.717) is 16.3 Å². The zero-order valence-electron chi connectivity index (χ0n) is 9.94. The number of Topliss-reactive ketones (excluding diaryl/α,β-unsaturated/α-hetero) is 1. The van der Waals surface area contributed by atoms with Gasteiger partial charge in [0, 0.05) is 10.9 Å². The fourth-order valence-corrected chi connectivity index (χ4v) is 3.31. The van der Waals surface area contributed by atoms with Gasteiger partial charge in [0.2, 0.25) is 10.0 Å². The molecule has 2 aromatic rings. The summed E-state index contributed by atoms with van der Waals surface area (Å²) in [6, 6.07) is 8.89. The number of thiazole rings is 1. The number of sulfonamides is 1. The number of rotatable bonds is 5. The molecule has 0 fully saturated rings. The molecule has 1 aromatic heterocycles. The van der Waals surface area contributed by atoms with Crippen LogP contribution in [0, 0.1) is 0 Å². The topological polar surface area (TPSA) is 90.1 Å². The van der Waals surface area contributed by atoms with Crippen molar-refractivity contribution in [3.8, 4) is 0 Å². The molecule has 19 heavy (non-hydrogen) atoms. The Bertz CT molecular complexity index is 678. The van der Waals surface area contributed by atoms with Crippen LogP contribution in [0.4, 0.5) is 0 Å². The lowest BCUT2D eigenvalue weighted by Gasteiger charge is -1.97. The summed E-state index contributed by atoms with van der Waals surface area (Å²) >= 11 is 1.19. The number of ketones is 1. The van der Waals surface area contributed by atoms with Crippen molar-refractivity contribution in [1.29, 1.82) is 0 Å². The summed E-state index contributed by atoms with van der Waals surface area (Å²) in [5.74, 6) is -0.343. The van der Waals surface area contributed by atoms with Crippen LogP contribution in [0.3, 0.4) is 0 Å². The molecular formula is C12H12N2O3S2. The molecule has 1 aromatic carbocycles. The summed E-state index contributed by atoms with van der Waals surface area (Å²) in [7, 11) is -3.58. The number of carbonyl (C=O) groups is 1. The number of carbonyl (C=O) groups excluding carboxylic acids is 1. The van der Waals surface area contributed by atoms with Gasteiger partial charge in [0.15, 0.2) is 5.78 Å². The molecule has 5 nitrogen and oxygen atoms in total. The Morgan fingerprint density at radius 1 is 1.26 bits per heavy atom. The second-order valence-electron chi connectivity index (χ2n) is 4.01. The van der Waals surface area contributed by atoms with Gasteiger partial charge >= 0.3 is 0 Å². The largest absolute Gasteiger partial charge is 0.294 e. The maximum atomic E-state index is 11.9. The van der Waals surface area contributed by atoms with Crippen molar-refractivity contribution in [1.82, 2.24) is 4.98 Å². The fraction of sp³-hybridized carbons (Fsp3) is 0.167. The quantitative estimate of drug-likeness (QED) is 0.843. The van der Waals surface area contributed by atoms with E-state index in [9.17, 15) is 13.2 Å². The minimum Gasteiger partial charge on any atom is -0.294 e. The van der Waals surface area contributed by atoms with Crippen LogP contribution in [0.15, 0.2) is 35.7 Å². The molecule has 7 heteroatoms. The average molecular weight is 296 g/mol. The number of hydrogen-bond acceptors (Lipinski definition) is 5. The zero-order valence-corrected chi connectivity index (χ0v) is 11.6. The zero-order chi connectivity index (χ0) is 13.9. The summed E-state index contributed by atoms with van der Waals surface area (Å²) in [4.78, 5) is 16.0. The van der Waals surface area contributed by atoms with Gasteiger partial charge in [-0.05, 0) is 0 Å². The standard InChI is InChI=1S/C12H12N2O3S2/c13-19(16,17)8-12-14-10(7-18-12)6-11(15)9-4-2-1-3-5-9/h1-5,7H,6,8H2,(H2,13,16,17). The van der Waals surface area contributed by atoms with E-state index in [4.69, 9.17) is 5.14 Å². The molecule has 2 rings (SSSR count). The predicted molar refractivity (Wildman–Crippen MR) is 73.4 cm³/mol. The SMILES string of the molecule is NS(=O)(=O)Cc1nc(CC(=O)c2ccccc2)cs1. The van der Waals surface area contributed by atoms with E-state index in [-0.39, 0.29) is 18.0 Å². The Balaban J connectivity index is 2.07. The fourth-order valence-electron chi connectivity index (χ4n) is 1.56. The lowest BCUT2D eigenvalue weighted by atomic mass is 10.1. The van der Waals surface area contributed by atoms with E-state index in [1.807, 2.05) is 6.07 Å². The second kappa shape index (κ2) is 5.60. The minimum atomic E-state index is -3.58. The van der Waals surface area contributed by atoms with Crippen molar-refractivity contribution in [2.45, 2.75) is 12.2 Å². The second-order valence-corrected chi connectivity index (χ2v) is 6.56.